The number of azide groups is 1. The smallest absolute Gasteiger partial charge is 0.145 e. The van der Waals surface area contributed by atoms with Gasteiger partial charge >= 0.3 is 0 Å². The van der Waals surface area contributed by atoms with E-state index in [1.54, 1.807) is 5.94 Å². The fourth-order valence-corrected chi connectivity index (χ4v) is 0.888. The zero-order valence-corrected chi connectivity index (χ0v) is 5.24. The molecule has 1 heterocycles. The number of nitrogens with zero attached hydrogens (tertiary/aromatic N) is 3. The minimum absolute atomic E-state index is 0.317. The van der Waals surface area contributed by atoms with Crippen molar-refractivity contribution < 1.29 is 4.79 Å². The minimum atomic E-state index is -0.317. The normalized spacial score (nSPS) is 22.8. The summed E-state index contributed by atoms with van der Waals surface area (Å²) in [5, 5.41) is 6.16. The lowest BCUT2D eigenvalue weighted by atomic mass is 10.2. The lowest BCUT2D eigenvalue weighted by molar-refractivity contribution is 0.564. The van der Waals surface area contributed by atoms with Gasteiger partial charge < -0.3 is 5.32 Å². The average Bonchev–Trinajstić information content (AvgIpc) is 2.36. The van der Waals surface area contributed by atoms with E-state index in [4.69, 9.17) is 5.53 Å². The van der Waals surface area contributed by atoms with E-state index in [9.17, 15) is 4.79 Å². The third kappa shape index (κ3) is 1.10. The summed E-state index contributed by atoms with van der Waals surface area (Å²) in [6, 6.07) is -0.317. The Labute approximate surface area is 57.3 Å². The van der Waals surface area contributed by atoms with Gasteiger partial charge in [0.25, 0.3) is 0 Å². The quantitative estimate of drug-likeness (QED) is 0.246. The van der Waals surface area contributed by atoms with Crippen LogP contribution in [-0.2, 0) is 4.79 Å². The van der Waals surface area contributed by atoms with E-state index >= 15 is 0 Å². The largest absolute Gasteiger partial charge is 0.379 e. The molecular weight excluding hydrogens is 132 g/mol. The van der Waals surface area contributed by atoms with Gasteiger partial charge in [0.15, 0.2) is 0 Å². The van der Waals surface area contributed by atoms with Crippen LogP contribution in [0.3, 0.4) is 0 Å². The topological polar surface area (TPSA) is 77.9 Å². The lowest BCUT2D eigenvalue weighted by Gasteiger charge is -1.95. The highest BCUT2D eigenvalue weighted by atomic mass is 16.1. The van der Waals surface area contributed by atoms with Crippen LogP contribution in [0.25, 0.3) is 10.4 Å². The molecule has 0 aromatic carbocycles. The molecule has 1 saturated heterocycles. The summed E-state index contributed by atoms with van der Waals surface area (Å²) in [7, 11) is 0. The van der Waals surface area contributed by atoms with Gasteiger partial charge in [-0.3, -0.25) is 0 Å². The molecule has 10 heavy (non-hydrogen) atoms. The van der Waals surface area contributed by atoms with E-state index in [0.29, 0.717) is 18.7 Å². The Morgan fingerprint density at radius 3 is 3.30 bits per heavy atom. The van der Waals surface area contributed by atoms with Crippen molar-refractivity contribution >= 4 is 5.94 Å². The molecule has 1 aliphatic heterocycles. The van der Waals surface area contributed by atoms with Crippen molar-refractivity contribution in [2.75, 3.05) is 6.54 Å². The average molecular weight is 138 g/mol. The Morgan fingerprint density at radius 2 is 2.70 bits per heavy atom. The fraction of sp³-hybridized carbons (Fsp3) is 0.600. The first-order valence-electron chi connectivity index (χ1n) is 2.91. The van der Waals surface area contributed by atoms with Crippen molar-refractivity contribution in [2.24, 2.45) is 5.11 Å². The molecule has 5 heteroatoms. The van der Waals surface area contributed by atoms with Crippen LogP contribution >= 0.6 is 0 Å². The van der Waals surface area contributed by atoms with Gasteiger partial charge in [-0.05, 0) is 12.0 Å². The zero-order chi connectivity index (χ0) is 7.40. The summed E-state index contributed by atoms with van der Waals surface area (Å²) < 4.78 is 0. The number of nitrogens with one attached hydrogen (secondary N) is 1. The van der Waals surface area contributed by atoms with Gasteiger partial charge in [0.1, 0.15) is 11.6 Å². The van der Waals surface area contributed by atoms with E-state index in [-0.39, 0.29) is 6.04 Å². The van der Waals surface area contributed by atoms with Crippen molar-refractivity contribution in [3.63, 3.8) is 0 Å². The zero-order valence-electron chi connectivity index (χ0n) is 5.24. The van der Waals surface area contributed by atoms with Gasteiger partial charge in [0.2, 0.25) is 0 Å². The second-order valence-electron chi connectivity index (χ2n) is 1.95. The molecule has 0 saturated carbocycles. The molecule has 52 valence electrons. The second kappa shape index (κ2) is 2.92. The summed E-state index contributed by atoms with van der Waals surface area (Å²) in [5.74, 6) is 1.69. The molecule has 1 fully saturated rings. The number of carbonyl (C=O) groups excluding carboxylic acids is 1. The summed E-state index contributed by atoms with van der Waals surface area (Å²) in [5.41, 5.74) is 8.40. The van der Waals surface area contributed by atoms with Gasteiger partial charge in [-0.25, -0.2) is 4.79 Å². The first-order valence-corrected chi connectivity index (χ1v) is 2.91. The predicted molar refractivity (Wildman–Crippen MR) is 34.8 cm³/mol. The lowest BCUT2D eigenvalue weighted by Crippen LogP contribution is -2.08. The Morgan fingerprint density at radius 1 is 1.90 bits per heavy atom. The van der Waals surface area contributed by atoms with E-state index < -0.39 is 0 Å². The molecule has 1 unspecified atom stereocenters. The third-order valence-electron chi connectivity index (χ3n) is 1.37. The van der Waals surface area contributed by atoms with Gasteiger partial charge in [0.05, 0.1) is 6.04 Å². The van der Waals surface area contributed by atoms with Gasteiger partial charge in [-0.15, -0.1) is 0 Å². The van der Waals surface area contributed by atoms with E-state index in [2.05, 4.69) is 15.3 Å². The fourth-order valence-electron chi connectivity index (χ4n) is 0.888. The van der Waals surface area contributed by atoms with Crippen molar-refractivity contribution in [2.45, 2.75) is 12.5 Å². The van der Waals surface area contributed by atoms with Crippen LogP contribution in [0, 0.1) is 0 Å². The molecule has 1 rings (SSSR count). The third-order valence-corrected chi connectivity index (χ3v) is 1.37. The Kier molecular flexibility index (Phi) is 1.95. The van der Waals surface area contributed by atoms with Crippen LogP contribution < -0.4 is 5.32 Å². The molecule has 1 atom stereocenters. The molecular formula is C5H6N4O. The number of hydrogen-bond acceptors (Lipinski definition) is 3. The van der Waals surface area contributed by atoms with E-state index in [0.717, 1.165) is 0 Å². The highest BCUT2D eigenvalue weighted by molar-refractivity contribution is 5.54. The first kappa shape index (κ1) is 6.68. The molecule has 0 amide bonds. The summed E-state index contributed by atoms with van der Waals surface area (Å²) in [6.45, 7) is 0.689. The van der Waals surface area contributed by atoms with Gasteiger partial charge in [-0.1, -0.05) is 5.11 Å². The second-order valence-corrected chi connectivity index (χ2v) is 1.95. The first-order chi connectivity index (χ1) is 4.88. The van der Waals surface area contributed by atoms with Crippen molar-refractivity contribution in [1.82, 2.24) is 5.32 Å². The monoisotopic (exact) mass is 138 g/mol. The molecule has 1 N–H and O–H groups in total. The maximum atomic E-state index is 10.1. The summed E-state index contributed by atoms with van der Waals surface area (Å²) in [6.07, 6.45) is 0.689. The van der Waals surface area contributed by atoms with Crippen molar-refractivity contribution in [3.8, 4) is 0 Å². The predicted octanol–water partition coefficient (Wildman–Crippen LogP) is 0.374. The van der Waals surface area contributed by atoms with Crippen LogP contribution in [-0.4, -0.2) is 18.5 Å². The summed E-state index contributed by atoms with van der Waals surface area (Å²) in [4.78, 5) is 12.7. The van der Waals surface area contributed by atoms with Crippen LogP contribution in [0.4, 0.5) is 0 Å². The SMILES string of the molecule is [N-]=[N+]=NC1CCNC1=C=O. The standard InChI is InChI=1S/C5H6N4O/c6-9-8-4-1-2-7-5(4)3-10/h4,7H,1-2H2. The van der Waals surface area contributed by atoms with Crippen molar-refractivity contribution in [1.29, 1.82) is 0 Å². The number of rotatable bonds is 1. The highest BCUT2D eigenvalue weighted by Crippen LogP contribution is 2.11. The molecule has 0 aromatic heterocycles. The van der Waals surface area contributed by atoms with Crippen LogP contribution in [0.1, 0.15) is 6.42 Å². The van der Waals surface area contributed by atoms with Crippen LogP contribution in [0.5, 0.6) is 0 Å². The van der Waals surface area contributed by atoms with Crippen LogP contribution in [0.2, 0.25) is 0 Å². The van der Waals surface area contributed by atoms with E-state index in [1.165, 1.54) is 0 Å². The molecule has 0 bridgehead atoms. The Hall–Kier alpha value is -1.44. The van der Waals surface area contributed by atoms with Crippen molar-refractivity contribution in [3.05, 3.63) is 16.1 Å². The maximum Gasteiger partial charge on any atom is 0.145 e. The maximum absolute atomic E-state index is 10.1. The molecule has 0 radical (unpaired) electrons. The Balaban J connectivity index is 2.77. The van der Waals surface area contributed by atoms with E-state index in [1.807, 2.05) is 0 Å². The molecule has 5 nitrogen and oxygen atoms in total. The minimum Gasteiger partial charge on any atom is -0.379 e. The van der Waals surface area contributed by atoms with Gasteiger partial charge in [-0.2, -0.15) is 0 Å². The number of hydrogen-bond donors (Lipinski definition) is 1. The molecule has 0 spiro atoms. The Bertz CT molecular complexity index is 224. The van der Waals surface area contributed by atoms with Gasteiger partial charge in [0, 0.05) is 11.5 Å². The molecule has 0 aliphatic carbocycles. The highest BCUT2D eigenvalue weighted by Gasteiger charge is 2.19. The molecule has 1 aliphatic rings. The van der Waals surface area contributed by atoms with Crippen LogP contribution in [0.15, 0.2) is 10.8 Å². The summed E-state index contributed by atoms with van der Waals surface area (Å²) >= 11 is 0. The molecule has 0 aromatic rings.